The molecule has 3 heteroatoms. The van der Waals surface area contributed by atoms with Crippen LogP contribution in [0.4, 0.5) is 0 Å². The topological polar surface area (TPSA) is 3.24 Å². The molecule has 0 heterocycles. The van der Waals surface area contributed by atoms with Crippen LogP contribution in [-0.2, 0) is 0 Å². The van der Waals surface area contributed by atoms with E-state index in [4.69, 9.17) is 11.1 Å². The number of hydrogen-bond acceptors (Lipinski definition) is 1. The van der Waals surface area contributed by atoms with Gasteiger partial charge in [0.15, 0.2) is 0 Å². The van der Waals surface area contributed by atoms with Gasteiger partial charge in [-0.1, -0.05) is 32.3 Å². The number of halogens is 1. The van der Waals surface area contributed by atoms with Crippen LogP contribution in [0.1, 0.15) is 39.0 Å². The largest absolute Gasteiger partial charge is 0.384 e. The second kappa shape index (κ2) is 14.6. The molecule has 0 saturated carbocycles. The Balaban J connectivity index is 0. The van der Waals surface area contributed by atoms with E-state index in [1.165, 1.54) is 32.1 Å². The normalized spacial score (nSPS) is 9.85. The second-order valence-corrected chi connectivity index (χ2v) is 3.20. The van der Waals surface area contributed by atoms with Crippen LogP contribution < -0.4 is 0 Å². The van der Waals surface area contributed by atoms with E-state index in [1.807, 2.05) is 0 Å². The maximum absolute atomic E-state index is 4.78. The van der Waals surface area contributed by atoms with Crippen molar-refractivity contribution in [1.29, 1.82) is 0 Å². The van der Waals surface area contributed by atoms with E-state index in [1.54, 1.807) is 0 Å². The van der Waals surface area contributed by atoms with Crippen LogP contribution in [0.25, 0.3) is 0 Å². The van der Waals surface area contributed by atoms with E-state index in [2.05, 4.69) is 38.2 Å². The Hall–Kier alpha value is 0.0469. The van der Waals surface area contributed by atoms with Crippen LogP contribution in [0.5, 0.6) is 0 Å². The summed E-state index contributed by atoms with van der Waals surface area (Å²) in [5.74, 6) is 0. The van der Waals surface area contributed by atoms with Crippen molar-refractivity contribution in [2.45, 2.75) is 39.0 Å². The molecule has 0 fully saturated rings. The molecule has 0 spiro atoms. The van der Waals surface area contributed by atoms with Crippen molar-refractivity contribution in [2.75, 3.05) is 14.1 Å². The Bertz CT molecular complexity index is 105. The molecule has 1 nitrogen and oxygen atoms in total. The molecule has 0 aromatic carbocycles. The van der Waals surface area contributed by atoms with Gasteiger partial charge in [-0.3, -0.25) is 0 Å². The molecule has 0 aliphatic carbocycles. The van der Waals surface area contributed by atoms with E-state index in [9.17, 15) is 0 Å². The zero-order chi connectivity index (χ0) is 10.5. The molecule has 0 aromatic heterocycles. The van der Waals surface area contributed by atoms with Crippen molar-refractivity contribution >= 4 is 20.6 Å². The van der Waals surface area contributed by atoms with Gasteiger partial charge in [-0.15, -0.1) is 0 Å². The Kier molecular flexibility index (Phi) is 17.4. The highest BCUT2D eigenvalue weighted by atomic mass is 35.6. The fourth-order valence-corrected chi connectivity index (χ4v) is 0.974. The lowest BCUT2D eigenvalue weighted by Crippen LogP contribution is -1.99. The predicted octanol–water partition coefficient (Wildman–Crippen LogP) is 2.54. The van der Waals surface area contributed by atoms with Gasteiger partial charge in [0, 0.05) is 14.1 Å². The summed E-state index contributed by atoms with van der Waals surface area (Å²) in [5.41, 5.74) is 0. The Morgan fingerprint density at radius 2 is 1.77 bits per heavy atom. The number of nitrogens with zero attached hydrogens (tertiary/aromatic N) is 1. The lowest BCUT2D eigenvalue weighted by atomic mass is 10.1. The van der Waals surface area contributed by atoms with Crippen molar-refractivity contribution in [2.24, 2.45) is 0 Å². The van der Waals surface area contributed by atoms with E-state index in [-0.39, 0.29) is 0 Å². The molecule has 0 N–H and O–H groups in total. The van der Waals surface area contributed by atoms with Crippen molar-refractivity contribution in [3.8, 4) is 0 Å². The van der Waals surface area contributed by atoms with E-state index in [0.29, 0.717) is 0 Å². The number of rotatable bonds is 6. The zero-order valence-corrected chi connectivity index (χ0v) is 12.3. The first-order valence-corrected chi connectivity index (χ1v) is 8.00. The number of allylic oxidation sites excluding steroid dienone is 1. The summed E-state index contributed by atoms with van der Waals surface area (Å²) >= 11 is 4.78. The van der Waals surface area contributed by atoms with Crippen molar-refractivity contribution in [1.82, 2.24) is 4.90 Å². The van der Waals surface area contributed by atoms with Gasteiger partial charge >= 0.3 is 0 Å². The van der Waals surface area contributed by atoms with Gasteiger partial charge in [0.25, 0.3) is 0 Å². The van der Waals surface area contributed by atoms with Crippen LogP contribution in [-0.4, -0.2) is 28.5 Å². The van der Waals surface area contributed by atoms with E-state index in [0.717, 1.165) is 9.55 Å². The summed E-state index contributed by atoms with van der Waals surface area (Å²) < 4.78 is 0. The monoisotopic (exact) mass is 221 g/mol. The lowest BCUT2D eigenvalue weighted by Gasteiger charge is -2.02. The smallest absolute Gasteiger partial charge is 0.109 e. The minimum atomic E-state index is 0.778. The molecule has 0 atom stereocenters. The summed E-state index contributed by atoms with van der Waals surface area (Å²) in [5, 5.41) is 0. The quantitative estimate of drug-likeness (QED) is 0.379. The third-order valence-corrected chi connectivity index (χ3v) is 1.63. The fraction of sp³-hybridized carbons (Fsp3) is 0.800. The molecule has 0 rings (SSSR count). The predicted molar refractivity (Wildman–Crippen MR) is 67.4 cm³/mol. The van der Waals surface area contributed by atoms with Gasteiger partial charge in [-0.2, -0.15) is 11.1 Å². The Morgan fingerprint density at radius 3 is 2.23 bits per heavy atom. The van der Waals surface area contributed by atoms with Gasteiger partial charge in [0.2, 0.25) is 0 Å². The summed E-state index contributed by atoms with van der Waals surface area (Å²) in [6, 6.07) is 0. The van der Waals surface area contributed by atoms with Gasteiger partial charge in [-0.25, -0.2) is 0 Å². The summed E-state index contributed by atoms with van der Waals surface area (Å²) in [6.45, 7) is 2.25. The SMILES string of the molecule is CCCCCCC=CN(C)C.[SiH3]Cl. The van der Waals surface area contributed by atoms with E-state index < -0.39 is 0 Å². The standard InChI is InChI=1S/C10H21N.ClH3Si/c1-4-5-6-7-8-9-10-11(2)3;1-2/h9-10H,4-8H2,1-3H3;2H3. The van der Waals surface area contributed by atoms with Gasteiger partial charge in [0.05, 0.1) is 0 Å². The van der Waals surface area contributed by atoms with Crippen LogP contribution >= 0.6 is 11.1 Å². The molecule has 0 aromatic rings. The molecule has 0 aliphatic heterocycles. The molecule has 0 bridgehead atoms. The average Bonchev–Trinajstić information content (AvgIpc) is 2.14. The van der Waals surface area contributed by atoms with E-state index >= 15 is 0 Å². The molecule has 0 radical (unpaired) electrons. The molecule has 13 heavy (non-hydrogen) atoms. The first-order valence-electron chi connectivity index (χ1n) is 4.98. The van der Waals surface area contributed by atoms with Gasteiger partial charge in [0.1, 0.15) is 9.55 Å². The third-order valence-electron chi connectivity index (χ3n) is 1.63. The first-order chi connectivity index (χ1) is 6.27. The number of unbranched alkanes of at least 4 members (excludes halogenated alkanes) is 4. The van der Waals surface area contributed by atoms with Crippen molar-refractivity contribution in [3.63, 3.8) is 0 Å². The Morgan fingerprint density at radius 1 is 1.15 bits per heavy atom. The summed E-state index contributed by atoms with van der Waals surface area (Å²) in [7, 11) is 4.89. The molecule has 80 valence electrons. The highest BCUT2D eigenvalue weighted by molar-refractivity contribution is 6.80. The highest BCUT2D eigenvalue weighted by Crippen LogP contribution is 2.02. The lowest BCUT2D eigenvalue weighted by molar-refractivity contribution is 0.558. The molecule has 0 aliphatic rings. The second-order valence-electron chi connectivity index (χ2n) is 3.20. The minimum absolute atomic E-state index is 0.778. The van der Waals surface area contributed by atoms with Crippen LogP contribution in [0.15, 0.2) is 12.3 Å². The highest BCUT2D eigenvalue weighted by Gasteiger charge is 1.83. The average molecular weight is 222 g/mol. The maximum Gasteiger partial charge on any atom is 0.109 e. The van der Waals surface area contributed by atoms with Crippen LogP contribution in [0.3, 0.4) is 0 Å². The van der Waals surface area contributed by atoms with Crippen molar-refractivity contribution < 1.29 is 0 Å². The number of hydrogen-bond donors (Lipinski definition) is 0. The minimum Gasteiger partial charge on any atom is -0.384 e. The molecule has 0 unspecified atom stereocenters. The fourth-order valence-electron chi connectivity index (χ4n) is 0.974. The van der Waals surface area contributed by atoms with Gasteiger partial charge in [-0.05, 0) is 19.0 Å². The van der Waals surface area contributed by atoms with Crippen LogP contribution in [0.2, 0.25) is 0 Å². The third kappa shape index (κ3) is 18.8. The maximum atomic E-state index is 4.78. The molecular weight excluding hydrogens is 198 g/mol. The molecular formula is C10H24ClNSi. The van der Waals surface area contributed by atoms with Gasteiger partial charge < -0.3 is 4.90 Å². The Labute approximate surface area is 91.3 Å². The summed E-state index contributed by atoms with van der Waals surface area (Å²) in [4.78, 5) is 2.08. The van der Waals surface area contributed by atoms with Crippen LogP contribution in [0, 0.1) is 0 Å². The zero-order valence-electron chi connectivity index (χ0n) is 9.52. The molecule has 0 amide bonds. The van der Waals surface area contributed by atoms with Crippen molar-refractivity contribution in [3.05, 3.63) is 12.3 Å². The molecule has 0 saturated heterocycles. The first kappa shape index (κ1) is 15.5. The summed E-state index contributed by atoms with van der Waals surface area (Å²) in [6.07, 6.45) is 11.1.